The number of likely N-dealkylation sites (tertiary alicyclic amines) is 1. The Bertz CT molecular complexity index is 3220. The van der Waals surface area contributed by atoms with Crippen LogP contribution in [-0.4, -0.2) is 169 Å². The number of guanidine groups is 1. The van der Waals surface area contributed by atoms with Crippen LogP contribution in [0.2, 0.25) is 0 Å². The number of aliphatic hydroxyl groups is 1. The van der Waals surface area contributed by atoms with Gasteiger partial charge in [-0.25, -0.2) is 0 Å². The van der Waals surface area contributed by atoms with Gasteiger partial charge in [0.1, 0.15) is 46.9 Å². The molecule has 1 aromatic heterocycles. The molecule has 0 aliphatic carbocycles. The third-order valence-electron chi connectivity index (χ3n) is 13.7. The van der Waals surface area contributed by atoms with Crippen molar-refractivity contribution in [2.45, 2.75) is 126 Å². The highest BCUT2D eigenvalue weighted by Crippen LogP contribution is 2.22. The van der Waals surface area contributed by atoms with Crippen molar-refractivity contribution in [2.24, 2.45) is 33.8 Å². The molecule has 3 aromatic carbocycles. The molecule has 0 spiro atoms. The molecule has 1 saturated heterocycles. The first-order valence-electron chi connectivity index (χ1n) is 27.7. The molecule has 0 radical (unpaired) electrons. The van der Waals surface area contributed by atoms with Gasteiger partial charge in [0.25, 0.3) is 0 Å². The summed E-state index contributed by atoms with van der Waals surface area (Å²) >= 11 is 0. The lowest BCUT2D eigenvalue weighted by molar-refractivity contribution is -0.142. The molecule has 1 fully saturated rings. The van der Waals surface area contributed by atoms with Gasteiger partial charge in [-0.15, -0.1) is 12.4 Å². The smallest absolute Gasteiger partial charge is 0.341 e. The minimum Gasteiger partial charge on any atom is -0.508 e. The number of aryl methyl sites for hydroxylation is 1. The third kappa shape index (κ3) is 22.2. The van der Waals surface area contributed by atoms with Gasteiger partial charge < -0.3 is 84.4 Å². The Morgan fingerprint density at radius 2 is 1.37 bits per heavy atom. The van der Waals surface area contributed by atoms with Crippen LogP contribution in [0.4, 0.5) is 0 Å². The summed E-state index contributed by atoms with van der Waals surface area (Å²) in [6.07, 6.45) is 1.05. The number of benzene rings is 3. The molecule has 2 heterocycles. The van der Waals surface area contributed by atoms with Gasteiger partial charge in [-0.05, 0) is 92.8 Å². The number of fused-ring (bicyclic) bond motifs is 1. The lowest BCUT2D eigenvalue weighted by atomic mass is 10.0. The Morgan fingerprint density at radius 1 is 0.747 bits per heavy atom. The number of aromatic hydroxyl groups is 1. The molecule has 1 aliphatic rings. The molecule has 474 valence electrons. The first kappa shape index (κ1) is 70.6. The fourth-order valence-corrected chi connectivity index (χ4v) is 10.1. The second-order valence-corrected chi connectivity index (χ2v) is 22.6. The van der Waals surface area contributed by atoms with Crippen LogP contribution in [0.15, 0.2) is 88.9 Å². The van der Waals surface area contributed by atoms with Gasteiger partial charge in [0.05, 0.1) is 25.7 Å². The number of carbonyl (C=O) groups excluding carboxylic acids is 10. The van der Waals surface area contributed by atoms with E-state index in [-0.39, 0.29) is 86.5 Å². The molecule has 0 unspecified atom stereocenters. The zero-order valence-electron chi connectivity index (χ0n) is 48.2. The summed E-state index contributed by atoms with van der Waals surface area (Å²) in [5.41, 5.74) is 24.7. The molecule has 4 aromatic rings. The van der Waals surface area contributed by atoms with Gasteiger partial charge in [-0.1, -0.05) is 61.9 Å². The van der Waals surface area contributed by atoms with Crippen LogP contribution in [-0.2, 0) is 75.1 Å². The summed E-state index contributed by atoms with van der Waals surface area (Å²) in [6, 6.07) is 8.34. The Labute approximate surface area is 508 Å². The van der Waals surface area contributed by atoms with Crippen LogP contribution in [0.5, 0.6) is 5.75 Å². The highest BCUT2D eigenvalue weighted by Gasteiger charge is 2.39. The van der Waals surface area contributed by atoms with Crippen molar-refractivity contribution in [1.82, 2.24) is 47.1 Å². The first-order chi connectivity index (χ1) is 40.7. The number of nitrogens with two attached hydrogens (primary N) is 4. The van der Waals surface area contributed by atoms with Crippen molar-refractivity contribution >= 4 is 98.5 Å². The Balaban J connectivity index is 0.0000162. The van der Waals surface area contributed by atoms with Gasteiger partial charge in [0.2, 0.25) is 53.2 Å². The van der Waals surface area contributed by atoms with Crippen molar-refractivity contribution < 1.29 is 70.8 Å². The molecule has 1 aliphatic heterocycles. The summed E-state index contributed by atoms with van der Waals surface area (Å²) in [4.78, 5) is 143. The molecule has 9 amide bonds. The van der Waals surface area contributed by atoms with Gasteiger partial charge in [0, 0.05) is 49.5 Å². The van der Waals surface area contributed by atoms with Gasteiger partial charge >= 0.3 is 16.1 Å². The second-order valence-electron chi connectivity index (χ2n) is 21.0. The fraction of sp³-hybridized carbons (Fsp3) is 0.446. The zero-order chi connectivity index (χ0) is 63.3. The van der Waals surface area contributed by atoms with Crippen molar-refractivity contribution in [3.8, 4) is 5.75 Å². The summed E-state index contributed by atoms with van der Waals surface area (Å²) in [7, 11) is -4.50. The lowest BCUT2D eigenvalue weighted by Gasteiger charge is -2.30. The molecule has 18 N–H and O–H groups in total. The number of aliphatic imine (C=N–C) groups is 1. The van der Waals surface area contributed by atoms with Gasteiger partial charge in [0.15, 0.2) is 5.96 Å². The summed E-state index contributed by atoms with van der Waals surface area (Å²) in [5.74, 6) is -9.40. The molecule has 29 nitrogen and oxygen atoms in total. The van der Waals surface area contributed by atoms with Crippen LogP contribution < -0.4 is 60.2 Å². The Hall–Kier alpha value is -8.87. The number of primary amides is 1. The molecule has 87 heavy (non-hydrogen) atoms. The van der Waals surface area contributed by atoms with E-state index in [0.717, 1.165) is 5.56 Å². The third-order valence-corrected chi connectivity index (χ3v) is 14.9. The molecular weight excluding hydrogens is 1180 g/mol. The van der Waals surface area contributed by atoms with Crippen LogP contribution in [0, 0.1) is 12.8 Å². The average molecular weight is 1250 g/mol. The normalized spacial score (nSPS) is 15.0. The van der Waals surface area contributed by atoms with Crippen molar-refractivity contribution in [2.75, 3.05) is 32.8 Å². The fourth-order valence-electron chi connectivity index (χ4n) is 9.21. The lowest BCUT2D eigenvalue weighted by Crippen LogP contribution is -2.60. The van der Waals surface area contributed by atoms with Gasteiger partial charge in [-0.3, -0.25) is 52.9 Å². The Kier molecular flexibility index (Phi) is 27.4. The van der Waals surface area contributed by atoms with Crippen molar-refractivity contribution in [3.05, 3.63) is 95.7 Å². The molecular formula is C56H77ClN14O15S. The zero-order valence-corrected chi connectivity index (χ0v) is 49.9. The van der Waals surface area contributed by atoms with E-state index in [2.05, 4.69) is 47.2 Å². The maximum absolute atomic E-state index is 14.2. The molecule has 31 heteroatoms. The minimum absolute atomic E-state index is 0. The minimum atomic E-state index is -4.50. The number of H-pyrrole nitrogens is 1. The van der Waals surface area contributed by atoms with Crippen molar-refractivity contribution in [3.63, 3.8) is 0 Å². The molecule has 0 saturated carbocycles. The first-order valence-corrected chi connectivity index (χ1v) is 29.1. The number of carbonyl (C=O) groups is 10. The predicted molar refractivity (Wildman–Crippen MR) is 319 cm³/mol. The Morgan fingerprint density at radius 3 is 2.02 bits per heavy atom. The number of aliphatic hydroxyl groups excluding tert-OH is 1. The van der Waals surface area contributed by atoms with E-state index in [9.17, 15) is 66.6 Å². The summed E-state index contributed by atoms with van der Waals surface area (Å²) in [6.45, 7) is 3.27. The monoisotopic (exact) mass is 1250 g/mol. The van der Waals surface area contributed by atoms with Crippen LogP contribution in [0.25, 0.3) is 10.9 Å². The topological polar surface area (TPSA) is 474 Å². The molecule has 7 atom stereocenters. The number of aromatic nitrogens is 1. The molecule has 0 bridgehead atoms. The number of hydrogen-bond donors (Lipinski definition) is 14. The molecule has 5 rings (SSSR count). The highest BCUT2D eigenvalue weighted by molar-refractivity contribution is 7.87. The predicted octanol–water partition coefficient (Wildman–Crippen LogP) is -2.35. The number of halogens is 1. The van der Waals surface area contributed by atoms with E-state index in [1.807, 2.05) is 0 Å². The SMILES string of the molecule is Cc1ccc(S(=O)(=O)OC(=O)CC[C@H](N)C(=O)N[C@@H](Cc2c[nH]c3ccccc23)C(=O)N[C@@H](CO)C(=O)N[C@@H](Cc2ccc(O)cc2)C(=O)NCC(=O)N[C@@H](CC(C)C)C(=O)N[C@@H](CCCN=C(N)N)C(=O)N2CCC[C@H]2C(=O)NCC(N)=O)cc1.Cl. The number of phenolic OH excluding ortho intramolecular Hbond substituents is 1. The standard InChI is InChI=1S/C56H76N14O15S.ClH/c1-31(2)24-41(51(78)66-40(10-6-22-61-56(59)60)55(82)70-23-7-11-45(70)54(81)63-28-46(58)73)65-47(74)29-64-50(77)42(25-33-14-16-35(72)17-15-33)68-53(80)44(30-71)69-52(79)43(26-34-27-62-39-9-5-4-8-37(34)39)67-49(76)38(57)20-21-48(75)85-86(83,84)36-18-12-32(3)13-19-36;/h4-5,8-9,12-19,27,31,38,40-45,62,71-72H,6-7,10-11,20-26,28-30,57H2,1-3H3,(H2,58,73)(H,63,81)(H,64,77)(H,65,74)(H,66,78)(H,67,76)(H,68,80)(H,69,79)(H4,59,60,61);1H/t38-,40-,41-,42-,43-,44-,45-;/m0./s1. The van der Waals surface area contributed by atoms with E-state index in [4.69, 9.17) is 27.1 Å². The number of amides is 9. The van der Waals surface area contributed by atoms with E-state index in [1.165, 1.54) is 53.4 Å². The number of rotatable bonds is 32. The average Bonchev–Trinajstić information content (AvgIpc) is 3.00. The second kappa shape index (κ2) is 33.7. The van der Waals surface area contributed by atoms with Crippen LogP contribution in [0.1, 0.15) is 75.5 Å². The number of aromatic amines is 1. The number of nitrogens with zero attached hydrogens (tertiary/aromatic N) is 2. The summed E-state index contributed by atoms with van der Waals surface area (Å²) < 4.78 is 30.1. The van der Waals surface area contributed by atoms with Gasteiger partial charge in [-0.2, -0.15) is 8.42 Å². The summed E-state index contributed by atoms with van der Waals surface area (Å²) in [5, 5.41) is 38.7. The van der Waals surface area contributed by atoms with Crippen LogP contribution >= 0.6 is 12.4 Å². The van der Waals surface area contributed by atoms with Crippen molar-refractivity contribution in [1.29, 1.82) is 0 Å². The quantitative estimate of drug-likeness (QED) is 0.0105. The van der Waals surface area contributed by atoms with E-state index in [0.29, 0.717) is 28.5 Å². The number of hydrogen-bond acceptors (Lipinski definition) is 17. The maximum atomic E-state index is 14.2. The maximum Gasteiger partial charge on any atom is 0.341 e. The number of nitrogens with one attached hydrogen (secondary N) is 8. The largest absolute Gasteiger partial charge is 0.508 e. The highest BCUT2D eigenvalue weighted by atomic mass is 35.5. The number of phenols is 1. The van der Waals surface area contributed by atoms with E-state index >= 15 is 0 Å². The van der Waals surface area contributed by atoms with E-state index in [1.54, 1.807) is 51.2 Å². The number of para-hydroxylation sites is 1. The van der Waals surface area contributed by atoms with Crippen LogP contribution in [0.3, 0.4) is 0 Å². The van der Waals surface area contributed by atoms with E-state index < -0.39 is 144 Å².